The van der Waals surface area contributed by atoms with E-state index in [9.17, 15) is 4.39 Å². The number of rotatable bonds is 3. The van der Waals surface area contributed by atoms with E-state index in [2.05, 4.69) is 35.2 Å². The number of hydrogen-bond acceptors (Lipinski definition) is 8. The van der Waals surface area contributed by atoms with Gasteiger partial charge in [-0.2, -0.15) is 5.10 Å². The fraction of sp³-hybridized carbons (Fsp3) is 0.158. The average molecular weight is 403 g/mol. The Hall–Kier alpha value is -4.15. The summed E-state index contributed by atoms with van der Waals surface area (Å²) in [5.41, 5.74) is 3.36. The summed E-state index contributed by atoms with van der Waals surface area (Å²) in [5, 5.41) is 12.9. The molecule has 1 unspecified atom stereocenters. The SMILES string of the molecule is Fc1cccn2nc(C3c4nc[nH]c4CCN3c3nnc(-c4ccncn4)o3)cc12. The number of H-pyrrole nitrogens is 1. The Balaban J connectivity index is 1.46. The predicted octanol–water partition coefficient (Wildman–Crippen LogP) is 2.19. The molecule has 0 radical (unpaired) electrons. The quantitative estimate of drug-likeness (QED) is 0.488. The van der Waals surface area contributed by atoms with Gasteiger partial charge in [-0.1, -0.05) is 5.10 Å². The van der Waals surface area contributed by atoms with Crippen molar-refractivity contribution in [3.8, 4) is 11.6 Å². The fourth-order valence-corrected chi connectivity index (χ4v) is 3.77. The highest BCUT2D eigenvalue weighted by atomic mass is 19.1. The molecule has 0 amide bonds. The molecular formula is C19H14FN9O. The minimum Gasteiger partial charge on any atom is -0.402 e. The van der Waals surface area contributed by atoms with Crippen molar-refractivity contribution in [2.75, 3.05) is 11.4 Å². The Labute approximate surface area is 168 Å². The minimum atomic E-state index is -0.405. The molecule has 30 heavy (non-hydrogen) atoms. The van der Waals surface area contributed by atoms with Crippen molar-refractivity contribution in [3.63, 3.8) is 0 Å². The number of pyridine rings is 1. The molecule has 0 fully saturated rings. The van der Waals surface area contributed by atoms with E-state index >= 15 is 0 Å². The number of fused-ring (bicyclic) bond motifs is 2. The Bertz CT molecular complexity index is 1340. The van der Waals surface area contributed by atoms with E-state index in [4.69, 9.17) is 4.42 Å². The van der Waals surface area contributed by atoms with Crippen molar-refractivity contribution < 1.29 is 8.81 Å². The number of nitrogens with zero attached hydrogens (tertiary/aromatic N) is 8. The van der Waals surface area contributed by atoms with Crippen LogP contribution in [0.1, 0.15) is 23.1 Å². The standard InChI is InChI=1S/C19H14FN9O/c20-11-2-1-6-29-15(11)8-14(27-29)17-16-12(23-10-24-16)4-7-28(17)19-26-25-18(30-19)13-3-5-21-9-22-13/h1-3,5-6,8-10,17H,4,7H2,(H,23,24). The molecule has 0 saturated carbocycles. The molecule has 0 aromatic carbocycles. The van der Waals surface area contributed by atoms with E-state index in [1.165, 1.54) is 16.9 Å². The van der Waals surface area contributed by atoms with Crippen LogP contribution in [0.5, 0.6) is 0 Å². The topological polar surface area (TPSA) is 114 Å². The lowest BCUT2D eigenvalue weighted by Gasteiger charge is -2.32. The lowest BCUT2D eigenvalue weighted by Crippen LogP contribution is -2.36. The van der Waals surface area contributed by atoms with Gasteiger partial charge in [0, 0.05) is 31.1 Å². The summed E-state index contributed by atoms with van der Waals surface area (Å²) >= 11 is 0. The second-order valence-corrected chi connectivity index (χ2v) is 6.85. The highest BCUT2D eigenvalue weighted by Gasteiger charge is 2.36. The Morgan fingerprint density at radius 3 is 3.03 bits per heavy atom. The molecule has 11 heteroatoms. The molecule has 5 aromatic heterocycles. The number of anilines is 1. The third-order valence-electron chi connectivity index (χ3n) is 5.14. The van der Waals surface area contributed by atoms with Crippen LogP contribution < -0.4 is 4.90 Å². The number of halogens is 1. The van der Waals surface area contributed by atoms with Crippen molar-refractivity contribution in [2.45, 2.75) is 12.5 Å². The predicted molar refractivity (Wildman–Crippen MR) is 102 cm³/mol. The smallest absolute Gasteiger partial charge is 0.319 e. The summed E-state index contributed by atoms with van der Waals surface area (Å²) < 4.78 is 21.7. The highest BCUT2D eigenvalue weighted by Crippen LogP contribution is 2.36. The van der Waals surface area contributed by atoms with Crippen molar-refractivity contribution >= 4 is 11.5 Å². The van der Waals surface area contributed by atoms with E-state index in [0.29, 0.717) is 35.4 Å². The van der Waals surface area contributed by atoms with Gasteiger partial charge in [0.15, 0.2) is 0 Å². The van der Waals surface area contributed by atoms with Gasteiger partial charge < -0.3 is 14.3 Å². The molecule has 0 aliphatic carbocycles. The number of aromatic amines is 1. The normalized spacial score (nSPS) is 16.2. The Morgan fingerprint density at radius 1 is 1.20 bits per heavy atom. The number of nitrogens with one attached hydrogen (secondary N) is 1. The molecule has 10 nitrogen and oxygen atoms in total. The van der Waals surface area contributed by atoms with E-state index in [1.54, 1.807) is 36.9 Å². The maximum atomic E-state index is 14.3. The summed E-state index contributed by atoms with van der Waals surface area (Å²) in [6, 6.07) is 6.35. The largest absolute Gasteiger partial charge is 0.402 e. The van der Waals surface area contributed by atoms with Crippen LogP contribution in [0.2, 0.25) is 0 Å². The van der Waals surface area contributed by atoms with E-state index in [0.717, 1.165) is 17.8 Å². The maximum absolute atomic E-state index is 14.3. The lowest BCUT2D eigenvalue weighted by atomic mass is 10.0. The molecular weight excluding hydrogens is 389 g/mol. The second-order valence-electron chi connectivity index (χ2n) is 6.85. The summed E-state index contributed by atoms with van der Waals surface area (Å²) in [5.74, 6) is -0.0512. The first-order chi connectivity index (χ1) is 14.8. The second kappa shape index (κ2) is 6.44. The summed E-state index contributed by atoms with van der Waals surface area (Å²) in [6.45, 7) is 0.599. The molecule has 0 saturated heterocycles. The van der Waals surface area contributed by atoms with Crippen LogP contribution in [0.25, 0.3) is 17.1 Å². The molecule has 1 N–H and O–H groups in total. The molecule has 6 heterocycles. The van der Waals surface area contributed by atoms with Crippen LogP contribution >= 0.6 is 0 Å². The molecule has 148 valence electrons. The third-order valence-corrected chi connectivity index (χ3v) is 5.14. The van der Waals surface area contributed by atoms with Crippen molar-refractivity contribution in [2.24, 2.45) is 0 Å². The molecule has 0 spiro atoms. The average Bonchev–Trinajstić information content (AvgIpc) is 3.52. The summed E-state index contributed by atoms with van der Waals surface area (Å²) in [4.78, 5) is 17.7. The Morgan fingerprint density at radius 2 is 2.17 bits per heavy atom. The van der Waals surface area contributed by atoms with Crippen molar-refractivity contribution in [3.05, 3.63) is 72.2 Å². The first-order valence-corrected chi connectivity index (χ1v) is 9.30. The van der Waals surface area contributed by atoms with Crippen LogP contribution in [-0.2, 0) is 6.42 Å². The van der Waals surface area contributed by atoms with Crippen LogP contribution in [0.15, 0.2) is 53.7 Å². The van der Waals surface area contributed by atoms with Crippen LogP contribution in [0, 0.1) is 5.82 Å². The zero-order valence-electron chi connectivity index (χ0n) is 15.5. The summed E-state index contributed by atoms with van der Waals surface area (Å²) in [6.07, 6.45) is 7.11. The van der Waals surface area contributed by atoms with E-state index in [-0.39, 0.29) is 5.82 Å². The van der Waals surface area contributed by atoms with Gasteiger partial charge in [0.2, 0.25) is 0 Å². The molecule has 1 atom stereocenters. The van der Waals surface area contributed by atoms with Crippen LogP contribution in [0.3, 0.4) is 0 Å². The van der Waals surface area contributed by atoms with Gasteiger partial charge in [-0.3, -0.25) is 0 Å². The molecule has 6 rings (SSSR count). The molecule has 0 bridgehead atoms. The van der Waals surface area contributed by atoms with Crippen LogP contribution in [-0.4, -0.2) is 46.3 Å². The third kappa shape index (κ3) is 2.55. The van der Waals surface area contributed by atoms with Crippen molar-refractivity contribution in [1.82, 2.24) is 39.7 Å². The zero-order chi connectivity index (χ0) is 20.1. The zero-order valence-corrected chi connectivity index (χ0v) is 15.5. The van der Waals surface area contributed by atoms with E-state index in [1.807, 2.05) is 4.90 Å². The summed E-state index contributed by atoms with van der Waals surface area (Å²) in [7, 11) is 0. The first-order valence-electron chi connectivity index (χ1n) is 9.30. The van der Waals surface area contributed by atoms with Gasteiger partial charge in [-0.25, -0.2) is 23.9 Å². The van der Waals surface area contributed by atoms with Gasteiger partial charge in [-0.15, -0.1) is 5.10 Å². The van der Waals surface area contributed by atoms with Gasteiger partial charge in [0.05, 0.1) is 17.7 Å². The van der Waals surface area contributed by atoms with E-state index < -0.39 is 6.04 Å². The molecule has 1 aliphatic rings. The number of imidazole rings is 1. The molecule has 5 aromatic rings. The Kier molecular flexibility index (Phi) is 3.60. The number of aromatic nitrogens is 8. The van der Waals surface area contributed by atoms with Gasteiger partial charge >= 0.3 is 6.01 Å². The van der Waals surface area contributed by atoms with Gasteiger partial charge in [-0.05, 0) is 24.3 Å². The molecule has 1 aliphatic heterocycles. The fourth-order valence-electron chi connectivity index (χ4n) is 3.77. The van der Waals surface area contributed by atoms with Crippen molar-refractivity contribution in [1.29, 1.82) is 0 Å². The van der Waals surface area contributed by atoms with Gasteiger partial charge in [0.1, 0.15) is 29.4 Å². The van der Waals surface area contributed by atoms with Crippen LogP contribution in [0.4, 0.5) is 10.4 Å². The first kappa shape index (κ1) is 16.8. The minimum absolute atomic E-state index is 0.292. The number of hydrogen-bond donors (Lipinski definition) is 1. The lowest BCUT2D eigenvalue weighted by molar-refractivity contribution is 0.502. The van der Waals surface area contributed by atoms with Gasteiger partial charge in [0.25, 0.3) is 5.89 Å². The highest BCUT2D eigenvalue weighted by molar-refractivity contribution is 5.53. The monoisotopic (exact) mass is 403 g/mol. The maximum Gasteiger partial charge on any atom is 0.319 e.